The fraction of sp³-hybridized carbons (Fsp3) is 0.571. The van der Waals surface area contributed by atoms with Gasteiger partial charge in [0, 0.05) is 34.2 Å². The number of nitro groups is 2. The summed E-state index contributed by atoms with van der Waals surface area (Å²) >= 11 is 6.29. The Morgan fingerprint density at radius 1 is 0.744 bits per heavy atom. The molecule has 0 saturated heterocycles. The summed E-state index contributed by atoms with van der Waals surface area (Å²) in [5, 5.41) is 24.7. The van der Waals surface area contributed by atoms with Gasteiger partial charge in [-0.1, -0.05) is 87.2 Å². The highest BCUT2D eigenvalue weighted by Crippen LogP contribution is 2.32. The largest absolute Gasteiger partial charge is 0.365 e. The van der Waals surface area contributed by atoms with E-state index in [2.05, 4.69) is 97.5 Å². The number of nitrogens with one attached hydrogen (secondary N) is 1. The number of benzene rings is 2. The minimum absolute atomic E-state index is 0.163. The van der Waals surface area contributed by atoms with Gasteiger partial charge in [0.25, 0.3) is 5.69 Å². The molecule has 0 unspecified atom stereocenters. The maximum atomic E-state index is 12.6. The molecule has 0 aliphatic heterocycles. The van der Waals surface area contributed by atoms with Crippen molar-refractivity contribution in [3.05, 3.63) is 71.4 Å². The van der Waals surface area contributed by atoms with Crippen LogP contribution in [0.4, 0.5) is 21.5 Å². The molecule has 39 heavy (non-hydrogen) atoms. The minimum Gasteiger partial charge on any atom is -0.365 e. The van der Waals surface area contributed by atoms with Gasteiger partial charge in [-0.3, -0.25) is 20.2 Å². The molecular formula is C28H43Br2FN4O4. The molecule has 0 fully saturated rings. The first-order chi connectivity index (χ1) is 18.0. The maximum absolute atomic E-state index is 12.6. The summed E-state index contributed by atoms with van der Waals surface area (Å²) in [6.45, 7) is 21.4. The van der Waals surface area contributed by atoms with Crippen LogP contribution in [0, 0.1) is 49.7 Å². The van der Waals surface area contributed by atoms with Gasteiger partial charge in [0.15, 0.2) is 0 Å². The van der Waals surface area contributed by atoms with Gasteiger partial charge >= 0.3 is 5.69 Å². The van der Waals surface area contributed by atoms with Gasteiger partial charge in [0.1, 0.15) is 5.69 Å². The van der Waals surface area contributed by atoms with Crippen LogP contribution in [0.3, 0.4) is 0 Å². The van der Waals surface area contributed by atoms with Crippen molar-refractivity contribution in [3.63, 3.8) is 0 Å². The van der Waals surface area contributed by atoms with Crippen LogP contribution >= 0.6 is 31.9 Å². The summed E-state index contributed by atoms with van der Waals surface area (Å²) in [5.74, 6) is 1.66. The molecule has 0 amide bonds. The summed E-state index contributed by atoms with van der Waals surface area (Å²) in [5.41, 5.74) is 0.352. The van der Waals surface area contributed by atoms with Gasteiger partial charge in [-0.15, -0.1) is 0 Å². The molecule has 0 saturated carbocycles. The molecule has 0 atom stereocenters. The first kappa shape index (κ1) is 36.9. The number of anilines is 1. The summed E-state index contributed by atoms with van der Waals surface area (Å²) in [6, 6.07) is 8.83. The molecule has 1 N–H and O–H groups in total. The Balaban J connectivity index is 0.000000612. The lowest BCUT2D eigenvalue weighted by atomic mass is 10.1. The average molecular weight is 678 g/mol. The summed E-state index contributed by atoms with van der Waals surface area (Å²) in [6.07, 6.45) is 0. The van der Waals surface area contributed by atoms with Gasteiger partial charge in [-0.05, 0) is 61.0 Å². The SMILES string of the molecule is CC(C)CN(CC(C)C)c1ccc(Br)cc1[N+](=O)[O-].CC(C)CNCC(C)C.O=[N+]([O-])c1cc(Br)ccc1F. The molecule has 2 rings (SSSR count). The van der Waals surface area contributed by atoms with Crippen molar-refractivity contribution in [2.45, 2.75) is 55.4 Å². The zero-order chi connectivity index (χ0) is 30.3. The standard InChI is InChI=1S/C14H21BrN2O2.C8H19N.C6H3BrFNO2/c1-10(2)8-16(9-11(3)4)13-6-5-12(15)7-14(13)17(18)19;1-7(2)5-9-6-8(3)4;7-4-1-2-5(8)6(3-4)9(10)11/h5-7,10-11H,8-9H2,1-4H3;7-9H,5-6H2,1-4H3;1-3H. The van der Waals surface area contributed by atoms with Crippen molar-refractivity contribution in [2.24, 2.45) is 23.7 Å². The van der Waals surface area contributed by atoms with E-state index in [-0.39, 0.29) is 10.6 Å². The van der Waals surface area contributed by atoms with E-state index in [0.717, 1.165) is 54.6 Å². The Kier molecular flexibility index (Phi) is 18.0. The van der Waals surface area contributed by atoms with Gasteiger partial charge < -0.3 is 10.2 Å². The molecule has 0 aromatic heterocycles. The molecule has 0 radical (unpaired) electrons. The predicted octanol–water partition coefficient (Wildman–Crippen LogP) is 8.86. The Morgan fingerprint density at radius 3 is 1.51 bits per heavy atom. The number of rotatable bonds is 11. The minimum atomic E-state index is -0.821. The average Bonchev–Trinajstić information content (AvgIpc) is 2.79. The highest BCUT2D eigenvalue weighted by atomic mass is 79.9. The second-order valence-corrected chi connectivity index (χ2v) is 12.7. The molecule has 11 heteroatoms. The maximum Gasteiger partial charge on any atom is 0.305 e. The second kappa shape index (κ2) is 19.0. The zero-order valence-electron chi connectivity index (χ0n) is 24.2. The number of halogens is 3. The lowest BCUT2D eigenvalue weighted by molar-refractivity contribution is -0.387. The number of nitro benzene ring substituents is 2. The molecule has 0 heterocycles. The topological polar surface area (TPSA) is 102 Å². The Labute approximate surface area is 249 Å². The van der Waals surface area contributed by atoms with E-state index in [1.807, 2.05) is 12.1 Å². The smallest absolute Gasteiger partial charge is 0.305 e. The van der Waals surface area contributed by atoms with E-state index in [1.165, 1.54) is 6.07 Å². The van der Waals surface area contributed by atoms with E-state index >= 15 is 0 Å². The molecule has 220 valence electrons. The first-order valence-corrected chi connectivity index (χ1v) is 14.6. The third kappa shape index (κ3) is 16.6. The van der Waals surface area contributed by atoms with E-state index in [1.54, 1.807) is 6.07 Å². The third-order valence-corrected chi connectivity index (χ3v) is 5.84. The Morgan fingerprint density at radius 2 is 1.15 bits per heavy atom. The molecule has 8 nitrogen and oxygen atoms in total. The van der Waals surface area contributed by atoms with Crippen LogP contribution in [0.25, 0.3) is 0 Å². The second-order valence-electron chi connectivity index (χ2n) is 10.9. The number of nitrogens with zero attached hydrogens (tertiary/aromatic N) is 3. The zero-order valence-corrected chi connectivity index (χ0v) is 27.4. The molecular weight excluding hydrogens is 635 g/mol. The van der Waals surface area contributed by atoms with Gasteiger partial charge in [0.05, 0.1) is 9.85 Å². The lowest BCUT2D eigenvalue weighted by Crippen LogP contribution is -2.31. The van der Waals surface area contributed by atoms with Crippen molar-refractivity contribution in [2.75, 3.05) is 31.1 Å². The van der Waals surface area contributed by atoms with Crippen LogP contribution in [0.1, 0.15) is 55.4 Å². The monoisotopic (exact) mass is 676 g/mol. The van der Waals surface area contributed by atoms with Gasteiger partial charge in [-0.25, -0.2) is 0 Å². The summed E-state index contributed by atoms with van der Waals surface area (Å²) in [7, 11) is 0. The van der Waals surface area contributed by atoms with Gasteiger partial charge in [0.2, 0.25) is 5.82 Å². The lowest BCUT2D eigenvalue weighted by Gasteiger charge is -2.28. The Hall–Kier alpha value is -2.11. The molecule has 0 aliphatic rings. The van der Waals surface area contributed by atoms with Crippen LogP contribution in [0.2, 0.25) is 0 Å². The number of hydrogen-bond donors (Lipinski definition) is 1. The van der Waals surface area contributed by atoms with E-state index in [9.17, 15) is 24.6 Å². The first-order valence-electron chi connectivity index (χ1n) is 13.0. The van der Waals surface area contributed by atoms with Crippen molar-refractivity contribution in [3.8, 4) is 0 Å². The van der Waals surface area contributed by atoms with E-state index in [4.69, 9.17) is 0 Å². The van der Waals surface area contributed by atoms with Crippen molar-refractivity contribution in [1.29, 1.82) is 0 Å². The third-order valence-electron chi connectivity index (χ3n) is 4.86. The van der Waals surface area contributed by atoms with Crippen molar-refractivity contribution in [1.82, 2.24) is 5.32 Å². The van der Waals surface area contributed by atoms with Crippen LogP contribution in [0.15, 0.2) is 45.3 Å². The van der Waals surface area contributed by atoms with Crippen LogP contribution in [0.5, 0.6) is 0 Å². The normalized spacial score (nSPS) is 10.7. The van der Waals surface area contributed by atoms with Crippen molar-refractivity contribution < 1.29 is 14.2 Å². The molecule has 0 spiro atoms. The fourth-order valence-corrected chi connectivity index (χ4v) is 4.05. The summed E-state index contributed by atoms with van der Waals surface area (Å²) < 4.78 is 13.8. The predicted molar refractivity (Wildman–Crippen MR) is 166 cm³/mol. The molecule has 0 aliphatic carbocycles. The van der Waals surface area contributed by atoms with E-state index < -0.39 is 16.4 Å². The highest BCUT2D eigenvalue weighted by Gasteiger charge is 2.21. The van der Waals surface area contributed by atoms with Crippen LogP contribution < -0.4 is 10.2 Å². The Bertz CT molecular complexity index is 1020. The highest BCUT2D eigenvalue weighted by molar-refractivity contribution is 9.10. The van der Waals surface area contributed by atoms with E-state index in [0.29, 0.717) is 22.0 Å². The number of hydrogen-bond acceptors (Lipinski definition) is 6. The molecule has 2 aromatic rings. The van der Waals surface area contributed by atoms with Crippen LogP contribution in [-0.2, 0) is 0 Å². The fourth-order valence-electron chi connectivity index (χ4n) is 3.35. The van der Waals surface area contributed by atoms with Crippen LogP contribution in [-0.4, -0.2) is 36.0 Å². The molecule has 0 bridgehead atoms. The molecule has 2 aromatic carbocycles. The quantitative estimate of drug-likeness (QED) is 0.188. The van der Waals surface area contributed by atoms with Gasteiger partial charge in [-0.2, -0.15) is 4.39 Å². The van der Waals surface area contributed by atoms with Crippen molar-refractivity contribution >= 4 is 48.9 Å². The summed E-state index contributed by atoms with van der Waals surface area (Å²) in [4.78, 5) is 22.4.